The number of nitrogens with one attached hydrogen (secondary N) is 2. The van der Waals surface area contributed by atoms with Crippen molar-refractivity contribution in [3.05, 3.63) is 24.3 Å². The van der Waals surface area contributed by atoms with E-state index in [0.29, 0.717) is 5.69 Å². The van der Waals surface area contributed by atoms with E-state index in [2.05, 4.69) is 10.6 Å². The molecule has 1 aromatic rings. The van der Waals surface area contributed by atoms with Gasteiger partial charge in [0.1, 0.15) is 6.54 Å². The highest BCUT2D eigenvalue weighted by molar-refractivity contribution is 7.89. The van der Waals surface area contributed by atoms with E-state index in [9.17, 15) is 22.8 Å². The third-order valence-corrected chi connectivity index (χ3v) is 5.55. The normalized spacial score (nSPS) is 12.3. The topological polar surface area (TPSA) is 122 Å². The Morgan fingerprint density at radius 2 is 1.79 bits per heavy atom. The summed E-state index contributed by atoms with van der Waals surface area (Å²) in [6.45, 7) is 4.18. The van der Waals surface area contributed by atoms with Crippen molar-refractivity contribution in [2.24, 2.45) is 0 Å². The molecule has 1 rings (SSSR count). The standard InChI is InChI=1S/C18H27N3O6S/c1-5-6-13(2)19-17(23)12-27-18(24)11-21(4)28(25,26)16-9-7-15(8-10-16)20-14(3)22/h7-10,13H,5-6,11-12H2,1-4H3,(H,19,23)(H,20,22). The number of nitrogens with zero attached hydrogens (tertiary/aromatic N) is 1. The van der Waals surface area contributed by atoms with Crippen LogP contribution in [0, 0.1) is 0 Å². The van der Waals surface area contributed by atoms with Gasteiger partial charge in [-0.2, -0.15) is 4.31 Å². The number of amides is 2. The first-order valence-electron chi connectivity index (χ1n) is 8.85. The predicted octanol–water partition coefficient (Wildman–Crippen LogP) is 1.11. The summed E-state index contributed by atoms with van der Waals surface area (Å²) in [6.07, 6.45) is 1.72. The highest BCUT2D eigenvalue weighted by Crippen LogP contribution is 2.17. The molecule has 9 nitrogen and oxygen atoms in total. The molecule has 0 aliphatic rings. The number of sulfonamides is 1. The first-order chi connectivity index (χ1) is 13.1. The Hall–Kier alpha value is -2.46. The minimum absolute atomic E-state index is 0.0280. The summed E-state index contributed by atoms with van der Waals surface area (Å²) in [4.78, 5) is 34.5. The van der Waals surface area contributed by atoms with E-state index in [1.54, 1.807) is 0 Å². The Morgan fingerprint density at radius 3 is 2.32 bits per heavy atom. The minimum atomic E-state index is -3.92. The maximum atomic E-state index is 12.5. The summed E-state index contributed by atoms with van der Waals surface area (Å²) < 4.78 is 30.7. The third-order valence-electron chi connectivity index (χ3n) is 3.73. The molecule has 1 atom stereocenters. The molecule has 0 aromatic heterocycles. The Bertz CT molecular complexity index is 792. The van der Waals surface area contributed by atoms with Crippen molar-refractivity contribution >= 4 is 33.5 Å². The molecule has 0 saturated heterocycles. The van der Waals surface area contributed by atoms with Gasteiger partial charge in [0.2, 0.25) is 15.9 Å². The van der Waals surface area contributed by atoms with Gasteiger partial charge in [0.05, 0.1) is 4.90 Å². The van der Waals surface area contributed by atoms with E-state index in [0.717, 1.165) is 17.1 Å². The van der Waals surface area contributed by atoms with E-state index in [-0.39, 0.29) is 16.8 Å². The van der Waals surface area contributed by atoms with E-state index in [1.165, 1.54) is 38.2 Å². The highest BCUT2D eigenvalue weighted by atomic mass is 32.2. The lowest BCUT2D eigenvalue weighted by molar-refractivity contribution is -0.148. The Balaban J connectivity index is 2.60. The van der Waals surface area contributed by atoms with E-state index in [1.807, 2.05) is 13.8 Å². The second kappa shape index (κ2) is 10.8. The lowest BCUT2D eigenvalue weighted by Gasteiger charge is -2.17. The molecule has 0 aliphatic heterocycles. The fraction of sp³-hybridized carbons (Fsp3) is 0.500. The van der Waals surface area contributed by atoms with Crippen LogP contribution in [-0.2, 0) is 29.1 Å². The van der Waals surface area contributed by atoms with Crippen LogP contribution in [0.3, 0.4) is 0 Å². The summed E-state index contributed by atoms with van der Waals surface area (Å²) >= 11 is 0. The van der Waals surface area contributed by atoms with Crippen LogP contribution >= 0.6 is 0 Å². The lowest BCUT2D eigenvalue weighted by Crippen LogP contribution is -2.38. The quantitative estimate of drug-likeness (QED) is 0.554. The number of anilines is 1. The Labute approximate surface area is 165 Å². The van der Waals surface area contributed by atoms with Crippen LogP contribution < -0.4 is 10.6 Å². The number of ether oxygens (including phenoxy) is 1. The van der Waals surface area contributed by atoms with E-state index in [4.69, 9.17) is 4.74 Å². The first kappa shape index (κ1) is 23.6. The van der Waals surface area contributed by atoms with Gasteiger partial charge in [-0.15, -0.1) is 0 Å². The number of rotatable bonds is 10. The molecule has 156 valence electrons. The molecule has 0 radical (unpaired) electrons. The zero-order chi connectivity index (χ0) is 21.3. The third kappa shape index (κ3) is 7.65. The summed E-state index contributed by atoms with van der Waals surface area (Å²) in [7, 11) is -2.69. The van der Waals surface area contributed by atoms with Crippen LogP contribution in [0.1, 0.15) is 33.6 Å². The van der Waals surface area contributed by atoms with Crippen LogP contribution in [0.4, 0.5) is 5.69 Å². The number of benzene rings is 1. The zero-order valence-electron chi connectivity index (χ0n) is 16.5. The van der Waals surface area contributed by atoms with E-state index >= 15 is 0 Å². The monoisotopic (exact) mass is 413 g/mol. The molecular weight excluding hydrogens is 386 g/mol. The predicted molar refractivity (Wildman–Crippen MR) is 104 cm³/mol. The lowest BCUT2D eigenvalue weighted by atomic mass is 10.2. The van der Waals surface area contributed by atoms with Crippen LogP contribution in [0.2, 0.25) is 0 Å². The molecule has 0 spiro atoms. The van der Waals surface area contributed by atoms with Gasteiger partial charge < -0.3 is 15.4 Å². The molecule has 0 bridgehead atoms. The number of carbonyl (C=O) groups excluding carboxylic acids is 3. The Morgan fingerprint density at radius 1 is 1.18 bits per heavy atom. The molecule has 0 heterocycles. The van der Waals surface area contributed by atoms with Gasteiger partial charge in [-0.3, -0.25) is 14.4 Å². The fourth-order valence-corrected chi connectivity index (χ4v) is 3.49. The van der Waals surface area contributed by atoms with Crippen molar-refractivity contribution < 1.29 is 27.5 Å². The Kier molecular flexibility index (Phi) is 9.07. The van der Waals surface area contributed by atoms with Crippen molar-refractivity contribution in [1.82, 2.24) is 9.62 Å². The largest absolute Gasteiger partial charge is 0.455 e. The van der Waals surface area contributed by atoms with Crippen molar-refractivity contribution in [3.63, 3.8) is 0 Å². The maximum Gasteiger partial charge on any atom is 0.321 e. The summed E-state index contributed by atoms with van der Waals surface area (Å²) in [6, 6.07) is 5.51. The second-order valence-corrected chi connectivity index (χ2v) is 8.43. The van der Waals surface area contributed by atoms with Gasteiger partial charge in [-0.1, -0.05) is 13.3 Å². The number of hydrogen-bond donors (Lipinski definition) is 2. The molecule has 2 amide bonds. The first-order valence-corrected chi connectivity index (χ1v) is 10.3. The van der Waals surface area contributed by atoms with Crippen molar-refractivity contribution in [2.75, 3.05) is 25.5 Å². The van der Waals surface area contributed by atoms with Crippen LogP contribution in [-0.4, -0.2) is 56.7 Å². The average Bonchev–Trinajstić information content (AvgIpc) is 2.60. The van der Waals surface area contributed by atoms with Crippen LogP contribution in [0.25, 0.3) is 0 Å². The van der Waals surface area contributed by atoms with Gasteiger partial charge in [0, 0.05) is 25.7 Å². The summed E-state index contributed by atoms with van der Waals surface area (Å²) in [5.74, 6) is -1.55. The molecule has 1 aromatic carbocycles. The smallest absolute Gasteiger partial charge is 0.321 e. The van der Waals surface area contributed by atoms with Crippen molar-refractivity contribution in [1.29, 1.82) is 0 Å². The molecule has 1 unspecified atom stereocenters. The number of hydrogen-bond acceptors (Lipinski definition) is 6. The summed E-state index contributed by atoms with van der Waals surface area (Å²) in [5.41, 5.74) is 0.455. The number of carbonyl (C=O) groups is 3. The van der Waals surface area contributed by atoms with Gasteiger partial charge in [-0.05, 0) is 37.6 Å². The van der Waals surface area contributed by atoms with Crippen molar-refractivity contribution in [2.45, 2.75) is 44.6 Å². The van der Waals surface area contributed by atoms with Crippen molar-refractivity contribution in [3.8, 4) is 0 Å². The molecule has 28 heavy (non-hydrogen) atoms. The molecule has 0 fully saturated rings. The second-order valence-electron chi connectivity index (χ2n) is 6.38. The average molecular weight is 413 g/mol. The van der Waals surface area contributed by atoms with Crippen LogP contribution in [0.5, 0.6) is 0 Å². The molecule has 10 heteroatoms. The maximum absolute atomic E-state index is 12.5. The molecule has 0 aliphatic carbocycles. The fourth-order valence-electron chi connectivity index (χ4n) is 2.37. The van der Waals surface area contributed by atoms with E-state index < -0.39 is 35.1 Å². The van der Waals surface area contributed by atoms with Crippen LogP contribution in [0.15, 0.2) is 29.2 Å². The number of esters is 1. The molecule has 2 N–H and O–H groups in total. The molecule has 0 saturated carbocycles. The SMILES string of the molecule is CCCC(C)NC(=O)COC(=O)CN(C)S(=O)(=O)c1ccc(NC(C)=O)cc1. The zero-order valence-corrected chi connectivity index (χ0v) is 17.3. The highest BCUT2D eigenvalue weighted by Gasteiger charge is 2.24. The molecular formula is C18H27N3O6S. The summed E-state index contributed by atoms with van der Waals surface area (Å²) in [5, 5.41) is 5.22. The number of likely N-dealkylation sites (N-methyl/N-ethyl adjacent to an activating group) is 1. The van der Waals surface area contributed by atoms with Gasteiger partial charge in [-0.25, -0.2) is 8.42 Å². The minimum Gasteiger partial charge on any atom is -0.455 e. The van der Waals surface area contributed by atoms with Gasteiger partial charge in [0.15, 0.2) is 6.61 Å². The van der Waals surface area contributed by atoms with Gasteiger partial charge >= 0.3 is 5.97 Å². The van der Waals surface area contributed by atoms with Gasteiger partial charge in [0.25, 0.3) is 5.91 Å².